The Bertz CT molecular complexity index is 921. The average molecular weight is 414 g/mol. The van der Waals surface area contributed by atoms with Crippen molar-refractivity contribution in [2.24, 2.45) is 0 Å². The van der Waals surface area contributed by atoms with Gasteiger partial charge >= 0.3 is 0 Å². The molecule has 1 aliphatic carbocycles. The van der Waals surface area contributed by atoms with Gasteiger partial charge in [-0.05, 0) is 59.7 Å². The van der Waals surface area contributed by atoms with E-state index in [1.54, 1.807) is 12.1 Å². The van der Waals surface area contributed by atoms with Crippen molar-refractivity contribution in [2.45, 2.75) is 18.9 Å². The first-order valence-corrected chi connectivity index (χ1v) is 9.05. The zero-order valence-corrected chi connectivity index (χ0v) is 15.4. The average Bonchev–Trinajstić information content (AvgIpc) is 3.38. The topological polar surface area (TPSA) is 81.9 Å². The van der Waals surface area contributed by atoms with Crippen LogP contribution in [0, 0.1) is 0 Å². The summed E-state index contributed by atoms with van der Waals surface area (Å²) in [6.07, 6.45) is 2.20. The highest BCUT2D eigenvalue weighted by Gasteiger charge is 2.28. The molecule has 8 heteroatoms. The molecule has 1 saturated carbocycles. The van der Waals surface area contributed by atoms with Crippen LogP contribution in [0.1, 0.15) is 18.9 Å². The van der Waals surface area contributed by atoms with E-state index in [1.165, 1.54) is 0 Å². The number of anilines is 1. The third-order valence-corrected chi connectivity index (χ3v) is 4.50. The molecule has 26 heavy (non-hydrogen) atoms. The van der Waals surface area contributed by atoms with Crippen molar-refractivity contribution in [3.05, 3.63) is 53.0 Å². The number of carbonyl (C=O) groups is 1. The van der Waals surface area contributed by atoms with Crippen molar-refractivity contribution in [3.8, 4) is 17.1 Å². The van der Waals surface area contributed by atoms with Crippen LogP contribution in [-0.4, -0.2) is 32.7 Å². The van der Waals surface area contributed by atoms with Crippen molar-refractivity contribution in [2.75, 3.05) is 11.9 Å². The van der Waals surface area contributed by atoms with Gasteiger partial charge in [-0.1, -0.05) is 28.1 Å². The van der Waals surface area contributed by atoms with Gasteiger partial charge in [-0.15, -0.1) is 5.10 Å². The van der Waals surface area contributed by atoms with Crippen LogP contribution in [0.25, 0.3) is 11.4 Å². The minimum absolute atomic E-state index is 0.0638. The molecule has 0 unspecified atom stereocenters. The van der Waals surface area contributed by atoms with Crippen molar-refractivity contribution in [3.63, 3.8) is 0 Å². The van der Waals surface area contributed by atoms with Gasteiger partial charge in [-0.2, -0.15) is 0 Å². The van der Waals surface area contributed by atoms with E-state index in [0.717, 1.165) is 28.7 Å². The highest BCUT2D eigenvalue weighted by molar-refractivity contribution is 9.10. The number of amides is 1. The molecule has 7 nitrogen and oxygen atoms in total. The summed E-state index contributed by atoms with van der Waals surface area (Å²) in [5, 5.41) is 14.8. The van der Waals surface area contributed by atoms with Gasteiger partial charge in [0.2, 0.25) is 0 Å². The third kappa shape index (κ3) is 3.91. The summed E-state index contributed by atoms with van der Waals surface area (Å²) >= 11 is 3.36. The normalized spacial score (nSPS) is 13.4. The molecular formula is C18H16BrN5O2. The zero-order valence-electron chi connectivity index (χ0n) is 13.8. The Kier molecular flexibility index (Phi) is 4.66. The predicted octanol–water partition coefficient (Wildman–Crippen LogP) is 3.46. The minimum atomic E-state index is -0.230. The quantitative estimate of drug-likeness (QED) is 0.668. The van der Waals surface area contributed by atoms with Crippen LogP contribution in [-0.2, 0) is 4.79 Å². The van der Waals surface area contributed by atoms with E-state index >= 15 is 0 Å². The van der Waals surface area contributed by atoms with Crippen molar-refractivity contribution in [1.29, 1.82) is 0 Å². The fourth-order valence-corrected chi connectivity index (χ4v) is 2.83. The molecule has 1 fully saturated rings. The Morgan fingerprint density at radius 3 is 2.81 bits per heavy atom. The summed E-state index contributed by atoms with van der Waals surface area (Å²) in [5.41, 5.74) is 1.55. The third-order valence-electron chi connectivity index (χ3n) is 3.97. The van der Waals surface area contributed by atoms with E-state index in [2.05, 4.69) is 36.8 Å². The molecule has 1 heterocycles. The van der Waals surface area contributed by atoms with E-state index in [4.69, 9.17) is 4.74 Å². The van der Waals surface area contributed by atoms with E-state index in [1.807, 2.05) is 41.1 Å². The highest BCUT2D eigenvalue weighted by atomic mass is 79.9. The number of aromatic nitrogens is 4. The Labute approximate surface area is 158 Å². The maximum absolute atomic E-state index is 12.1. The van der Waals surface area contributed by atoms with E-state index in [9.17, 15) is 4.79 Å². The monoisotopic (exact) mass is 413 g/mol. The molecule has 132 valence electrons. The van der Waals surface area contributed by atoms with Crippen molar-refractivity contribution >= 4 is 27.5 Å². The summed E-state index contributed by atoms with van der Waals surface area (Å²) in [7, 11) is 0. The van der Waals surface area contributed by atoms with Gasteiger partial charge in [0.05, 0.1) is 6.04 Å². The number of ether oxygens (including phenoxy) is 1. The number of nitrogens with one attached hydrogen (secondary N) is 1. The molecule has 0 bridgehead atoms. The Morgan fingerprint density at radius 1 is 1.23 bits per heavy atom. The molecule has 2 aromatic carbocycles. The molecule has 1 aromatic heterocycles. The molecular weight excluding hydrogens is 398 g/mol. The molecule has 0 spiro atoms. The van der Waals surface area contributed by atoms with Gasteiger partial charge < -0.3 is 10.1 Å². The second-order valence-electron chi connectivity index (χ2n) is 6.05. The van der Waals surface area contributed by atoms with Crippen molar-refractivity contribution in [1.82, 2.24) is 20.2 Å². The lowest BCUT2D eigenvalue weighted by Crippen LogP contribution is -2.20. The first-order chi connectivity index (χ1) is 12.7. The number of benzene rings is 2. The second kappa shape index (κ2) is 7.25. The molecule has 3 aromatic rings. The largest absolute Gasteiger partial charge is 0.484 e. The van der Waals surface area contributed by atoms with Gasteiger partial charge in [-0.25, -0.2) is 4.68 Å². The first-order valence-electron chi connectivity index (χ1n) is 8.25. The molecule has 0 radical (unpaired) electrons. The second-order valence-corrected chi connectivity index (χ2v) is 6.97. The molecule has 1 amide bonds. The van der Waals surface area contributed by atoms with Crippen LogP contribution < -0.4 is 10.1 Å². The standard InChI is InChI=1S/C18H16BrN5O2/c19-13-4-8-16(9-5-13)26-11-17(25)20-14-3-1-2-12(10-14)18-21-22-23-24(18)15-6-7-15/h1-5,8-10,15H,6-7,11H2,(H,20,25). The summed E-state index contributed by atoms with van der Waals surface area (Å²) < 4.78 is 8.29. The van der Waals surface area contributed by atoms with Crippen LogP contribution in [0.3, 0.4) is 0 Å². The lowest BCUT2D eigenvalue weighted by Gasteiger charge is -2.09. The minimum Gasteiger partial charge on any atom is -0.484 e. The molecule has 4 rings (SSSR count). The zero-order chi connectivity index (χ0) is 17.9. The SMILES string of the molecule is O=C(COc1ccc(Br)cc1)Nc1cccc(-c2nnnn2C2CC2)c1. The summed E-state index contributed by atoms with van der Waals surface area (Å²) in [6, 6.07) is 15.2. The van der Waals surface area contributed by atoms with Gasteiger partial charge in [0.1, 0.15) is 5.75 Å². The fraction of sp³-hybridized carbons (Fsp3) is 0.222. The summed E-state index contributed by atoms with van der Waals surface area (Å²) in [4.78, 5) is 12.1. The lowest BCUT2D eigenvalue weighted by molar-refractivity contribution is -0.118. The first kappa shape index (κ1) is 16.7. The van der Waals surface area contributed by atoms with Crippen LogP contribution in [0.15, 0.2) is 53.0 Å². The van der Waals surface area contributed by atoms with E-state index in [-0.39, 0.29) is 12.5 Å². The van der Waals surface area contributed by atoms with Crippen LogP contribution in [0.2, 0.25) is 0 Å². The maximum atomic E-state index is 12.1. The lowest BCUT2D eigenvalue weighted by atomic mass is 10.2. The number of halogens is 1. The fourth-order valence-electron chi connectivity index (χ4n) is 2.56. The van der Waals surface area contributed by atoms with Crippen molar-refractivity contribution < 1.29 is 9.53 Å². The maximum Gasteiger partial charge on any atom is 0.262 e. The molecule has 0 aliphatic heterocycles. The highest BCUT2D eigenvalue weighted by Crippen LogP contribution is 2.36. The molecule has 0 atom stereocenters. The number of hydrogen-bond acceptors (Lipinski definition) is 5. The smallest absolute Gasteiger partial charge is 0.262 e. The van der Waals surface area contributed by atoms with Gasteiger partial charge in [0.25, 0.3) is 5.91 Å². The van der Waals surface area contributed by atoms with Crippen LogP contribution in [0.4, 0.5) is 5.69 Å². The molecule has 1 N–H and O–H groups in total. The van der Waals surface area contributed by atoms with Gasteiger partial charge in [-0.3, -0.25) is 4.79 Å². The summed E-state index contributed by atoms with van der Waals surface area (Å²) in [5.74, 6) is 1.13. The van der Waals surface area contributed by atoms with E-state index in [0.29, 0.717) is 17.5 Å². The number of rotatable bonds is 6. The number of carbonyl (C=O) groups excluding carboxylic acids is 1. The molecule has 0 saturated heterocycles. The number of hydrogen-bond donors (Lipinski definition) is 1. The van der Waals surface area contributed by atoms with Crippen LogP contribution in [0.5, 0.6) is 5.75 Å². The Morgan fingerprint density at radius 2 is 2.04 bits per heavy atom. The summed E-state index contributed by atoms with van der Waals surface area (Å²) in [6.45, 7) is -0.0638. The predicted molar refractivity (Wildman–Crippen MR) is 99.8 cm³/mol. The number of nitrogens with zero attached hydrogens (tertiary/aromatic N) is 4. The Balaban J connectivity index is 1.41. The van der Waals surface area contributed by atoms with Gasteiger partial charge in [0, 0.05) is 15.7 Å². The van der Waals surface area contributed by atoms with Gasteiger partial charge in [0.15, 0.2) is 12.4 Å². The van der Waals surface area contributed by atoms with Crippen LogP contribution >= 0.6 is 15.9 Å². The van der Waals surface area contributed by atoms with E-state index < -0.39 is 0 Å². The Hall–Kier alpha value is -2.74. The molecule has 1 aliphatic rings. The number of tetrazole rings is 1.